The number of carbonyl (C=O) groups excluding carboxylic acids is 1. The molecule has 1 amide bonds. The van der Waals surface area contributed by atoms with Crippen molar-refractivity contribution in [2.45, 2.75) is 12.5 Å². The Kier molecular flexibility index (Phi) is 5.16. The minimum absolute atomic E-state index is 0.0932. The molecule has 0 saturated heterocycles. The van der Waals surface area contributed by atoms with E-state index in [1.165, 1.54) is 19.2 Å². The Labute approximate surface area is 128 Å². The van der Waals surface area contributed by atoms with Crippen LogP contribution in [0.15, 0.2) is 36.5 Å². The number of amides is 1. The number of ether oxygens (including phenoxy) is 1. The quantitative estimate of drug-likeness (QED) is 0.858. The minimum atomic E-state index is -0.659. The fourth-order valence-corrected chi connectivity index (χ4v) is 2.20. The van der Waals surface area contributed by atoms with Crippen molar-refractivity contribution >= 4 is 5.91 Å². The van der Waals surface area contributed by atoms with Crippen molar-refractivity contribution < 1.29 is 19.0 Å². The van der Waals surface area contributed by atoms with E-state index in [4.69, 9.17) is 4.74 Å². The van der Waals surface area contributed by atoms with Crippen LogP contribution in [0.2, 0.25) is 0 Å². The SMILES string of the molecule is COc1ccc(C(=O)NCC[C@@H](O)c2cccn2C)cc1F. The zero-order valence-electron chi connectivity index (χ0n) is 12.5. The van der Waals surface area contributed by atoms with E-state index >= 15 is 0 Å². The highest BCUT2D eigenvalue weighted by Crippen LogP contribution is 2.18. The molecular weight excluding hydrogens is 287 g/mol. The molecule has 1 aromatic carbocycles. The van der Waals surface area contributed by atoms with Crippen molar-refractivity contribution in [3.63, 3.8) is 0 Å². The molecule has 0 bridgehead atoms. The highest BCUT2D eigenvalue weighted by atomic mass is 19.1. The molecule has 0 aliphatic heterocycles. The molecule has 1 aromatic heterocycles. The number of aliphatic hydroxyl groups excluding tert-OH is 1. The Morgan fingerprint density at radius 2 is 2.23 bits per heavy atom. The highest BCUT2D eigenvalue weighted by Gasteiger charge is 2.13. The molecular formula is C16H19FN2O3. The largest absolute Gasteiger partial charge is 0.494 e. The molecule has 0 unspecified atom stereocenters. The summed E-state index contributed by atoms with van der Waals surface area (Å²) < 4.78 is 20.2. The molecule has 1 atom stereocenters. The number of nitrogens with zero attached hydrogens (tertiary/aromatic N) is 1. The molecule has 0 aliphatic carbocycles. The van der Waals surface area contributed by atoms with Crippen molar-refractivity contribution in [1.82, 2.24) is 9.88 Å². The van der Waals surface area contributed by atoms with E-state index in [9.17, 15) is 14.3 Å². The third-order valence-corrected chi connectivity index (χ3v) is 3.44. The van der Waals surface area contributed by atoms with Gasteiger partial charge in [-0.2, -0.15) is 0 Å². The molecule has 0 radical (unpaired) electrons. The summed E-state index contributed by atoms with van der Waals surface area (Å²) in [5.41, 5.74) is 0.997. The van der Waals surface area contributed by atoms with Crippen LogP contribution in [-0.4, -0.2) is 29.2 Å². The molecule has 1 heterocycles. The first-order valence-corrected chi connectivity index (χ1v) is 6.94. The van der Waals surface area contributed by atoms with Gasteiger partial charge in [0.15, 0.2) is 11.6 Å². The zero-order valence-corrected chi connectivity index (χ0v) is 12.5. The molecule has 2 N–H and O–H groups in total. The second-order valence-corrected chi connectivity index (χ2v) is 4.95. The lowest BCUT2D eigenvalue weighted by Crippen LogP contribution is -2.26. The summed E-state index contributed by atoms with van der Waals surface area (Å²) in [6.45, 7) is 0.291. The van der Waals surface area contributed by atoms with E-state index in [1.807, 2.05) is 29.9 Å². The fraction of sp³-hybridized carbons (Fsp3) is 0.312. The maximum Gasteiger partial charge on any atom is 0.251 e. The van der Waals surface area contributed by atoms with Gasteiger partial charge in [-0.15, -0.1) is 0 Å². The highest BCUT2D eigenvalue weighted by molar-refractivity contribution is 5.94. The maximum atomic E-state index is 13.5. The van der Waals surface area contributed by atoms with E-state index in [1.54, 1.807) is 0 Å². The third-order valence-electron chi connectivity index (χ3n) is 3.44. The summed E-state index contributed by atoms with van der Waals surface area (Å²) in [5, 5.41) is 12.7. The summed E-state index contributed by atoms with van der Waals surface area (Å²) in [6, 6.07) is 7.69. The Bertz CT molecular complexity index is 655. The number of methoxy groups -OCH3 is 1. The van der Waals surface area contributed by atoms with Crippen LogP contribution >= 0.6 is 0 Å². The molecule has 0 saturated carbocycles. The molecule has 2 rings (SSSR count). The van der Waals surface area contributed by atoms with Crippen molar-refractivity contribution in [1.29, 1.82) is 0 Å². The van der Waals surface area contributed by atoms with E-state index < -0.39 is 11.9 Å². The lowest BCUT2D eigenvalue weighted by atomic mass is 10.1. The number of rotatable bonds is 6. The van der Waals surface area contributed by atoms with Crippen LogP contribution in [0.5, 0.6) is 5.75 Å². The summed E-state index contributed by atoms with van der Waals surface area (Å²) >= 11 is 0. The Balaban J connectivity index is 1.88. The van der Waals surface area contributed by atoms with Gasteiger partial charge in [-0.1, -0.05) is 0 Å². The number of carbonyl (C=O) groups is 1. The van der Waals surface area contributed by atoms with Gasteiger partial charge in [0.2, 0.25) is 0 Å². The van der Waals surface area contributed by atoms with Gasteiger partial charge in [-0.3, -0.25) is 4.79 Å². The normalized spacial score (nSPS) is 12.0. The Morgan fingerprint density at radius 3 is 2.82 bits per heavy atom. The van der Waals surface area contributed by atoms with Gasteiger partial charge in [0, 0.05) is 31.0 Å². The summed E-state index contributed by atoms with van der Waals surface area (Å²) in [4.78, 5) is 11.9. The number of halogens is 1. The van der Waals surface area contributed by atoms with Crippen LogP contribution in [0.1, 0.15) is 28.6 Å². The van der Waals surface area contributed by atoms with Crippen LogP contribution in [0.25, 0.3) is 0 Å². The van der Waals surface area contributed by atoms with Crippen molar-refractivity contribution in [2.24, 2.45) is 7.05 Å². The second-order valence-electron chi connectivity index (χ2n) is 4.95. The van der Waals surface area contributed by atoms with Gasteiger partial charge in [0.1, 0.15) is 0 Å². The second kappa shape index (κ2) is 7.09. The molecule has 0 aliphatic rings. The van der Waals surface area contributed by atoms with Crippen molar-refractivity contribution in [3.05, 3.63) is 53.6 Å². The van der Waals surface area contributed by atoms with E-state index in [2.05, 4.69) is 5.32 Å². The van der Waals surface area contributed by atoms with Gasteiger partial charge in [0.25, 0.3) is 5.91 Å². The van der Waals surface area contributed by atoms with Gasteiger partial charge in [-0.25, -0.2) is 4.39 Å². The first-order chi connectivity index (χ1) is 10.5. The average Bonchev–Trinajstić information content (AvgIpc) is 2.93. The number of aromatic nitrogens is 1. The third kappa shape index (κ3) is 3.65. The molecule has 22 heavy (non-hydrogen) atoms. The number of nitrogens with one attached hydrogen (secondary N) is 1. The number of benzene rings is 1. The van der Waals surface area contributed by atoms with Gasteiger partial charge in [-0.05, 0) is 36.8 Å². The predicted molar refractivity (Wildman–Crippen MR) is 80.3 cm³/mol. The smallest absolute Gasteiger partial charge is 0.251 e. The van der Waals surface area contributed by atoms with Crippen molar-refractivity contribution in [3.8, 4) is 5.75 Å². The lowest BCUT2D eigenvalue weighted by Gasteiger charge is -2.12. The Hall–Kier alpha value is -2.34. The topological polar surface area (TPSA) is 63.5 Å². The van der Waals surface area contributed by atoms with E-state index in [0.717, 1.165) is 11.8 Å². The van der Waals surface area contributed by atoms with Crippen LogP contribution < -0.4 is 10.1 Å². The van der Waals surface area contributed by atoms with Crippen molar-refractivity contribution in [2.75, 3.05) is 13.7 Å². The van der Waals surface area contributed by atoms with E-state index in [-0.39, 0.29) is 17.2 Å². The molecule has 0 spiro atoms. The van der Waals surface area contributed by atoms with Crippen LogP contribution in [0.4, 0.5) is 4.39 Å². The molecule has 118 valence electrons. The van der Waals surface area contributed by atoms with E-state index in [0.29, 0.717) is 13.0 Å². The molecule has 5 nitrogen and oxygen atoms in total. The summed E-state index contributed by atoms with van der Waals surface area (Å²) in [7, 11) is 3.21. The number of hydrogen-bond donors (Lipinski definition) is 2. The maximum absolute atomic E-state index is 13.5. The summed E-state index contributed by atoms with van der Waals surface area (Å²) in [6.07, 6.45) is 1.56. The first-order valence-electron chi connectivity index (χ1n) is 6.94. The molecule has 2 aromatic rings. The van der Waals surface area contributed by atoms with Crippen LogP contribution in [0, 0.1) is 5.82 Å². The summed E-state index contributed by atoms with van der Waals surface area (Å²) in [5.74, 6) is -0.879. The predicted octanol–water partition coefficient (Wildman–Crippen LogP) is 2.03. The van der Waals surface area contributed by atoms with Gasteiger partial charge in [0.05, 0.1) is 13.2 Å². The number of aliphatic hydroxyl groups is 1. The number of hydrogen-bond acceptors (Lipinski definition) is 3. The molecule has 0 fully saturated rings. The Morgan fingerprint density at radius 1 is 1.45 bits per heavy atom. The fourth-order valence-electron chi connectivity index (χ4n) is 2.20. The van der Waals surface area contributed by atoms with Gasteiger partial charge >= 0.3 is 0 Å². The minimum Gasteiger partial charge on any atom is -0.494 e. The average molecular weight is 306 g/mol. The standard InChI is InChI=1S/C16H19FN2O3/c1-19-9-3-4-13(19)14(20)7-8-18-16(21)11-5-6-15(22-2)12(17)10-11/h3-6,9-10,14,20H,7-8H2,1-2H3,(H,18,21)/t14-/m1/s1. The van der Waals surface area contributed by atoms with Crippen LogP contribution in [0.3, 0.4) is 0 Å². The molecule has 6 heteroatoms. The monoisotopic (exact) mass is 306 g/mol. The first kappa shape index (κ1) is 16.0. The van der Waals surface area contributed by atoms with Gasteiger partial charge < -0.3 is 19.7 Å². The van der Waals surface area contributed by atoms with Crippen LogP contribution in [-0.2, 0) is 7.05 Å². The zero-order chi connectivity index (χ0) is 16.1. The number of aryl methyl sites for hydroxylation is 1. The lowest BCUT2D eigenvalue weighted by molar-refractivity contribution is 0.0940.